The van der Waals surface area contributed by atoms with Crippen LogP contribution in [0.3, 0.4) is 0 Å². The summed E-state index contributed by atoms with van der Waals surface area (Å²) in [7, 11) is 0. The Labute approximate surface area is 364 Å². The van der Waals surface area contributed by atoms with E-state index in [1.807, 2.05) is 0 Å². The number of hydrogen-bond donors (Lipinski definition) is 1. The first-order chi connectivity index (χ1) is 31.3. The molecule has 13 rings (SSSR count). The van der Waals surface area contributed by atoms with Crippen LogP contribution in [0.25, 0.3) is 87.9 Å². The summed E-state index contributed by atoms with van der Waals surface area (Å²) in [6.07, 6.45) is 13.8. The first kappa shape index (κ1) is 36.0. The lowest BCUT2D eigenvalue weighted by Crippen LogP contribution is -2.45. The van der Waals surface area contributed by atoms with Crippen molar-refractivity contribution in [1.82, 2.24) is 14.5 Å². The zero-order chi connectivity index (χ0) is 41.4. The molecule has 63 heavy (non-hydrogen) atoms. The van der Waals surface area contributed by atoms with Crippen molar-refractivity contribution in [3.63, 3.8) is 0 Å². The summed E-state index contributed by atoms with van der Waals surface area (Å²) < 4.78 is 12.1. The van der Waals surface area contributed by atoms with Crippen molar-refractivity contribution in [2.24, 2.45) is 15.9 Å². The standard InChI is InChI=1S/C57H43N5O/c1-4-16-36(17-5-1)37-28-30-40(31-29-37)56-58-55(39-20-8-3-9-21-39)59-57(60-56)62-50-27-15-12-24-43(50)45-33-35-47-46-34-32-44-42-23-11-14-26-49(42)61(51(44)53(46)63-54(47)52(45)62)48-25-13-10-22-41(48)38-18-6-2-7-19-38/h1-8,10-20,22-28,32-35,40,56H,9,21,29-31H2,(H,58,59,60). The van der Waals surface area contributed by atoms with Gasteiger partial charge < -0.3 is 14.3 Å². The molecule has 0 saturated heterocycles. The minimum Gasteiger partial charge on any atom is -0.452 e. The highest BCUT2D eigenvalue weighted by atomic mass is 16.3. The van der Waals surface area contributed by atoms with Gasteiger partial charge in [-0.05, 0) is 84.7 Å². The van der Waals surface area contributed by atoms with Gasteiger partial charge in [-0.2, -0.15) is 4.99 Å². The van der Waals surface area contributed by atoms with Crippen molar-refractivity contribution >= 4 is 82.9 Å². The first-order valence-electron chi connectivity index (χ1n) is 22.3. The molecular weight excluding hydrogens is 771 g/mol. The van der Waals surface area contributed by atoms with E-state index in [1.165, 1.54) is 27.7 Å². The molecule has 0 radical (unpaired) electrons. The zero-order valence-electron chi connectivity index (χ0n) is 34.7. The third kappa shape index (κ3) is 5.71. The van der Waals surface area contributed by atoms with Crippen LogP contribution in [0, 0.1) is 5.92 Å². The van der Waals surface area contributed by atoms with E-state index in [1.54, 1.807) is 0 Å². The van der Waals surface area contributed by atoms with Crippen molar-refractivity contribution in [2.45, 2.75) is 38.3 Å². The van der Waals surface area contributed by atoms with Gasteiger partial charge in [-0.3, -0.25) is 4.57 Å². The van der Waals surface area contributed by atoms with Crippen LogP contribution in [0.1, 0.15) is 37.7 Å². The van der Waals surface area contributed by atoms with Crippen molar-refractivity contribution in [1.29, 1.82) is 0 Å². The van der Waals surface area contributed by atoms with Crippen LogP contribution >= 0.6 is 0 Å². The molecule has 0 fully saturated rings. The van der Waals surface area contributed by atoms with Gasteiger partial charge in [0.25, 0.3) is 0 Å². The Morgan fingerprint density at radius 2 is 1.17 bits per heavy atom. The Bertz CT molecular complexity index is 3630. The predicted octanol–water partition coefficient (Wildman–Crippen LogP) is 14.1. The Morgan fingerprint density at radius 1 is 0.556 bits per heavy atom. The predicted molar refractivity (Wildman–Crippen MR) is 262 cm³/mol. The highest BCUT2D eigenvalue weighted by molar-refractivity contribution is 6.28. The number of fused-ring (bicyclic) bond motifs is 11. The second-order valence-corrected chi connectivity index (χ2v) is 17.1. The SMILES string of the molecule is C1=CCCC(C2=NC(n3c4ccccc4c4ccc5c6ccc7c8ccccc8n(-c8ccccc8-c8ccccc8)c7c6oc5c43)=NC(C3CC=C(c4ccccc4)CC3)N2)=C1. The summed E-state index contributed by atoms with van der Waals surface area (Å²) >= 11 is 0. The van der Waals surface area contributed by atoms with Crippen molar-refractivity contribution in [3.8, 4) is 16.8 Å². The van der Waals surface area contributed by atoms with Crippen LogP contribution < -0.4 is 5.32 Å². The minimum atomic E-state index is -0.140. The summed E-state index contributed by atoms with van der Waals surface area (Å²) in [6.45, 7) is 0. The lowest BCUT2D eigenvalue weighted by atomic mass is 9.84. The monoisotopic (exact) mass is 813 g/mol. The molecular formula is C57H43N5O. The average Bonchev–Trinajstić information content (AvgIpc) is 4.03. The molecule has 2 atom stereocenters. The number of amidine groups is 1. The van der Waals surface area contributed by atoms with Crippen LogP contribution in [0.15, 0.2) is 202 Å². The molecule has 0 spiro atoms. The molecule has 7 aromatic carbocycles. The highest BCUT2D eigenvalue weighted by Gasteiger charge is 2.31. The van der Waals surface area contributed by atoms with E-state index in [0.717, 1.165) is 109 Å². The number of allylic oxidation sites excluding steroid dienone is 5. The summed E-state index contributed by atoms with van der Waals surface area (Å²) in [5, 5.41) is 10.6. The number of aliphatic imine (C=N–C) groups is 2. The number of nitrogens with one attached hydrogen (secondary N) is 1. The maximum Gasteiger partial charge on any atom is 0.234 e. The Morgan fingerprint density at radius 3 is 1.86 bits per heavy atom. The lowest BCUT2D eigenvalue weighted by molar-refractivity contribution is 0.373. The summed E-state index contributed by atoms with van der Waals surface area (Å²) in [5.74, 6) is 1.92. The maximum absolute atomic E-state index is 7.43. The van der Waals surface area contributed by atoms with Crippen LogP contribution in [0.4, 0.5) is 0 Å². The van der Waals surface area contributed by atoms with Crippen molar-refractivity contribution < 1.29 is 4.42 Å². The minimum absolute atomic E-state index is 0.140. The molecule has 2 aliphatic carbocycles. The number of rotatable bonds is 5. The lowest BCUT2D eigenvalue weighted by Gasteiger charge is -2.32. The van der Waals surface area contributed by atoms with Crippen LogP contribution in [-0.2, 0) is 0 Å². The molecule has 3 aromatic heterocycles. The van der Waals surface area contributed by atoms with E-state index in [4.69, 9.17) is 14.4 Å². The Balaban J connectivity index is 1.06. The Kier molecular flexibility index (Phi) is 8.26. The van der Waals surface area contributed by atoms with Gasteiger partial charge in [0, 0.05) is 43.8 Å². The van der Waals surface area contributed by atoms with Crippen LogP contribution in [-0.4, -0.2) is 27.1 Å². The maximum atomic E-state index is 7.43. The van der Waals surface area contributed by atoms with E-state index >= 15 is 0 Å². The summed E-state index contributed by atoms with van der Waals surface area (Å²) in [6, 6.07) is 56.6. The topological polar surface area (TPSA) is 59.8 Å². The van der Waals surface area contributed by atoms with Gasteiger partial charge in [0.15, 0.2) is 11.2 Å². The van der Waals surface area contributed by atoms with Gasteiger partial charge in [0.1, 0.15) is 17.5 Å². The summed E-state index contributed by atoms with van der Waals surface area (Å²) in [4.78, 5) is 11.0. The molecule has 302 valence electrons. The molecule has 0 saturated carbocycles. The van der Waals surface area contributed by atoms with E-state index in [9.17, 15) is 0 Å². The van der Waals surface area contributed by atoms with E-state index in [0.29, 0.717) is 11.9 Å². The van der Waals surface area contributed by atoms with Gasteiger partial charge in [-0.15, -0.1) is 0 Å². The fourth-order valence-electron chi connectivity index (χ4n) is 10.6. The molecule has 1 aliphatic heterocycles. The van der Waals surface area contributed by atoms with Gasteiger partial charge in [0.05, 0.1) is 22.2 Å². The fraction of sp³-hybridized carbons (Fsp3) is 0.123. The van der Waals surface area contributed by atoms with Gasteiger partial charge in [-0.1, -0.05) is 152 Å². The second-order valence-electron chi connectivity index (χ2n) is 17.1. The third-order valence-corrected chi connectivity index (χ3v) is 13.6. The zero-order valence-corrected chi connectivity index (χ0v) is 34.7. The number of hydrogen-bond acceptors (Lipinski definition) is 4. The smallest absolute Gasteiger partial charge is 0.234 e. The Hall–Kier alpha value is -7.70. The molecule has 2 unspecified atom stereocenters. The molecule has 0 amide bonds. The molecule has 0 bridgehead atoms. The molecule has 6 nitrogen and oxygen atoms in total. The quantitative estimate of drug-likeness (QED) is 0.188. The van der Waals surface area contributed by atoms with Crippen LogP contribution in [0.5, 0.6) is 0 Å². The third-order valence-electron chi connectivity index (χ3n) is 13.6. The van der Waals surface area contributed by atoms with Gasteiger partial charge in [-0.25, -0.2) is 4.99 Å². The van der Waals surface area contributed by atoms with Crippen molar-refractivity contribution in [2.75, 3.05) is 0 Å². The highest BCUT2D eigenvalue weighted by Crippen LogP contribution is 2.45. The summed E-state index contributed by atoms with van der Waals surface area (Å²) in [5.41, 5.74) is 13.3. The molecule has 3 aliphatic rings. The molecule has 1 N–H and O–H groups in total. The number of benzene rings is 7. The largest absolute Gasteiger partial charge is 0.452 e. The number of para-hydroxylation sites is 3. The molecule has 10 aromatic rings. The van der Waals surface area contributed by atoms with Gasteiger partial charge >= 0.3 is 0 Å². The fourth-order valence-corrected chi connectivity index (χ4v) is 10.6. The molecule has 4 heterocycles. The van der Waals surface area contributed by atoms with Gasteiger partial charge in [0.2, 0.25) is 5.96 Å². The molecule has 6 heteroatoms. The second kappa shape index (κ2) is 14.5. The van der Waals surface area contributed by atoms with Crippen molar-refractivity contribution in [3.05, 3.63) is 193 Å². The van der Waals surface area contributed by atoms with E-state index in [2.05, 4.69) is 196 Å². The number of aromatic nitrogens is 2. The number of nitrogens with zero attached hydrogens (tertiary/aromatic N) is 4. The van der Waals surface area contributed by atoms with E-state index < -0.39 is 0 Å². The van der Waals surface area contributed by atoms with Crippen LogP contribution in [0.2, 0.25) is 0 Å². The number of furan rings is 1. The average molecular weight is 814 g/mol. The first-order valence-corrected chi connectivity index (χ1v) is 22.3. The van der Waals surface area contributed by atoms with E-state index in [-0.39, 0.29) is 6.17 Å². The normalized spacial score (nSPS) is 18.0.